The van der Waals surface area contributed by atoms with E-state index >= 15 is 0 Å². The summed E-state index contributed by atoms with van der Waals surface area (Å²) in [5, 5.41) is 4.49. The normalized spacial score (nSPS) is 11.3. The molecular formula is C36H28N12Pt2. The second-order valence-electron chi connectivity index (χ2n) is 11.8. The van der Waals surface area contributed by atoms with Crippen LogP contribution in [-0.2, 0) is 70.3 Å². The van der Waals surface area contributed by atoms with Gasteiger partial charge >= 0.3 is 42.1 Å². The molecule has 0 unspecified atom stereocenters. The van der Waals surface area contributed by atoms with E-state index < -0.39 is 0 Å². The molecule has 0 saturated carbocycles. The van der Waals surface area contributed by atoms with Crippen LogP contribution in [0.5, 0.6) is 0 Å². The first-order valence-corrected chi connectivity index (χ1v) is 15.3. The number of rotatable bonds is 4. The van der Waals surface area contributed by atoms with Crippen LogP contribution in [0.2, 0.25) is 0 Å². The van der Waals surface area contributed by atoms with Crippen molar-refractivity contribution in [3.8, 4) is 34.4 Å². The molecule has 0 N–H and O–H groups in total. The summed E-state index contributed by atoms with van der Waals surface area (Å²) in [5.74, 6) is 3.46. The van der Waals surface area contributed by atoms with Crippen molar-refractivity contribution in [1.29, 1.82) is 0 Å². The van der Waals surface area contributed by atoms with E-state index in [0.29, 0.717) is 0 Å². The van der Waals surface area contributed by atoms with Crippen molar-refractivity contribution in [2.75, 3.05) is 0 Å². The maximum atomic E-state index is 4.90. The summed E-state index contributed by atoms with van der Waals surface area (Å²) in [5.41, 5.74) is 5.78. The third kappa shape index (κ3) is 5.30. The van der Waals surface area contributed by atoms with Crippen molar-refractivity contribution in [2.45, 2.75) is 0 Å². The Labute approximate surface area is 314 Å². The first-order valence-electron chi connectivity index (χ1n) is 15.3. The molecule has 0 saturated heterocycles. The zero-order chi connectivity index (χ0) is 32.5. The molecule has 0 spiro atoms. The Morgan fingerprint density at radius 1 is 0.620 bits per heavy atom. The summed E-state index contributed by atoms with van der Waals surface area (Å²) in [6, 6.07) is 16.6. The van der Waals surface area contributed by atoms with Gasteiger partial charge in [-0.15, -0.1) is 12.4 Å². The van der Waals surface area contributed by atoms with Crippen LogP contribution >= 0.6 is 0 Å². The van der Waals surface area contributed by atoms with Gasteiger partial charge in [-0.3, -0.25) is 0 Å². The van der Waals surface area contributed by atoms with Crippen LogP contribution < -0.4 is 9.97 Å². The van der Waals surface area contributed by atoms with Gasteiger partial charge in [0.25, 0.3) is 0 Å². The van der Waals surface area contributed by atoms with Crippen molar-refractivity contribution >= 4 is 43.9 Å². The standard InChI is InChI=1S/2C18H14N6.2Pt/c2*1-22-10-15(20-11-22)24-8-6-13-12-4-3-5-14(16(12)21-18(13)24)17-19-7-9-23(17)2;;/h3-6,8-11H,1-2H3;3-10H,1-2H3;;/q2*-2;2*+2. The number of nitrogens with zero attached hydrogens (tertiary/aromatic N) is 12. The molecule has 14 heteroatoms. The molecule has 8 heterocycles. The number of imidazole rings is 4. The van der Waals surface area contributed by atoms with Crippen molar-refractivity contribution in [2.24, 2.45) is 28.2 Å². The summed E-state index contributed by atoms with van der Waals surface area (Å²) in [6.45, 7) is 0. The zero-order valence-electron chi connectivity index (χ0n) is 27.2. The first-order chi connectivity index (χ1) is 23.4. The number of aromatic nitrogens is 12. The molecule has 0 atom stereocenters. The van der Waals surface area contributed by atoms with E-state index in [-0.39, 0.29) is 42.1 Å². The van der Waals surface area contributed by atoms with Crippen molar-refractivity contribution < 1.29 is 42.1 Å². The van der Waals surface area contributed by atoms with Crippen LogP contribution in [-0.4, -0.2) is 47.3 Å². The Bertz CT molecular complexity index is 2570. The van der Waals surface area contributed by atoms with Gasteiger partial charge in [0.2, 0.25) is 0 Å². The summed E-state index contributed by atoms with van der Waals surface area (Å²) >= 11 is 0. The van der Waals surface area contributed by atoms with Gasteiger partial charge in [-0.2, -0.15) is 0 Å². The SMILES string of the molecule is Cn1[c-]nc(-n2ccc3c4cccc(-c5nccn5C)c4[n-]c32)c1.Cn1cnc(-n2ccc3c4cccc(-c5n[c-]cn5C)c4[n-]c32)c1.[Pt+2].[Pt+2]. The van der Waals surface area contributed by atoms with Crippen molar-refractivity contribution in [3.05, 3.63) is 111 Å². The third-order valence-electron chi connectivity index (χ3n) is 8.68. The zero-order valence-corrected chi connectivity index (χ0v) is 31.8. The number of hydrogen-bond donors (Lipinski definition) is 0. The molecule has 0 radical (unpaired) electrons. The number of hydrogen-bond acceptors (Lipinski definition) is 4. The van der Waals surface area contributed by atoms with Crippen molar-refractivity contribution in [1.82, 2.24) is 57.3 Å². The van der Waals surface area contributed by atoms with Gasteiger partial charge in [-0.1, -0.05) is 84.1 Å². The van der Waals surface area contributed by atoms with Crippen LogP contribution in [0.4, 0.5) is 0 Å². The molecule has 8 aromatic heterocycles. The molecule has 252 valence electrons. The Kier molecular flexibility index (Phi) is 8.62. The third-order valence-corrected chi connectivity index (χ3v) is 8.68. The molecular weight excluding hydrogens is 991 g/mol. The Balaban J connectivity index is 0.000000151. The Morgan fingerprint density at radius 3 is 1.78 bits per heavy atom. The number of benzene rings is 2. The Hall–Kier alpha value is -5.18. The minimum atomic E-state index is 0. The van der Waals surface area contributed by atoms with E-state index in [1.807, 2.05) is 98.8 Å². The Morgan fingerprint density at radius 2 is 1.26 bits per heavy atom. The topological polar surface area (TPSA) is 109 Å². The monoisotopic (exact) mass is 1020 g/mol. The molecule has 10 aromatic rings. The molecule has 0 fully saturated rings. The van der Waals surface area contributed by atoms with Gasteiger partial charge in [-0.05, 0) is 58.1 Å². The van der Waals surface area contributed by atoms with E-state index in [2.05, 4.69) is 74.9 Å². The molecule has 0 amide bonds. The van der Waals surface area contributed by atoms with Crippen LogP contribution in [0.25, 0.3) is 78.3 Å². The molecule has 0 aliphatic heterocycles. The fourth-order valence-corrected chi connectivity index (χ4v) is 6.39. The van der Waals surface area contributed by atoms with E-state index in [1.165, 1.54) is 0 Å². The smallest absolute Gasteiger partial charge is 0.467 e. The molecule has 0 aliphatic carbocycles. The predicted molar refractivity (Wildman–Crippen MR) is 184 cm³/mol. The maximum absolute atomic E-state index is 4.90. The molecule has 0 bridgehead atoms. The van der Waals surface area contributed by atoms with Gasteiger partial charge in [-0.25, -0.2) is 9.97 Å². The molecule has 2 aromatic carbocycles. The molecule has 10 rings (SSSR count). The van der Waals surface area contributed by atoms with Gasteiger partial charge in [0.1, 0.15) is 5.82 Å². The minimum Gasteiger partial charge on any atom is -0.467 e. The fourth-order valence-electron chi connectivity index (χ4n) is 6.39. The summed E-state index contributed by atoms with van der Waals surface area (Å²) in [7, 11) is 7.83. The number of aryl methyl sites for hydroxylation is 4. The average Bonchev–Trinajstić information content (AvgIpc) is 3.91. The van der Waals surface area contributed by atoms with Crippen LogP contribution in [0, 0.1) is 12.5 Å². The first kappa shape index (κ1) is 33.3. The number of fused-ring (bicyclic) bond motifs is 6. The fraction of sp³-hybridized carbons (Fsp3) is 0.111. The van der Waals surface area contributed by atoms with Gasteiger partial charge in [0, 0.05) is 44.6 Å². The van der Waals surface area contributed by atoms with Gasteiger partial charge in [0.15, 0.2) is 0 Å². The molecule has 12 nitrogen and oxygen atoms in total. The van der Waals surface area contributed by atoms with E-state index in [4.69, 9.17) is 9.97 Å². The summed E-state index contributed by atoms with van der Waals surface area (Å²) in [4.78, 5) is 27.4. The average molecular weight is 1020 g/mol. The van der Waals surface area contributed by atoms with Crippen LogP contribution in [0.3, 0.4) is 0 Å². The van der Waals surface area contributed by atoms with Crippen LogP contribution in [0.1, 0.15) is 0 Å². The van der Waals surface area contributed by atoms with Gasteiger partial charge in [0.05, 0.1) is 12.1 Å². The minimum absolute atomic E-state index is 0. The second kappa shape index (κ2) is 12.9. The maximum Gasteiger partial charge on any atom is 2.00 e. The van der Waals surface area contributed by atoms with E-state index in [0.717, 1.165) is 78.3 Å². The molecule has 50 heavy (non-hydrogen) atoms. The molecule has 0 aliphatic rings. The summed E-state index contributed by atoms with van der Waals surface area (Å²) < 4.78 is 11.7. The summed E-state index contributed by atoms with van der Waals surface area (Å²) in [6.07, 6.45) is 21.1. The quantitative estimate of drug-likeness (QED) is 0.221. The number of para-hydroxylation sites is 2. The largest absolute Gasteiger partial charge is 2.00 e. The van der Waals surface area contributed by atoms with E-state index in [9.17, 15) is 0 Å². The second-order valence-corrected chi connectivity index (χ2v) is 11.8. The van der Waals surface area contributed by atoms with Crippen LogP contribution in [0.15, 0.2) is 98.2 Å². The van der Waals surface area contributed by atoms with Crippen molar-refractivity contribution in [3.63, 3.8) is 0 Å². The van der Waals surface area contributed by atoms with Gasteiger partial charge < -0.3 is 47.3 Å². The predicted octanol–water partition coefficient (Wildman–Crippen LogP) is 5.35. The van der Waals surface area contributed by atoms with E-state index in [1.54, 1.807) is 12.5 Å².